The van der Waals surface area contributed by atoms with Crippen molar-refractivity contribution in [3.8, 4) is 0 Å². The van der Waals surface area contributed by atoms with Gasteiger partial charge in [-0.15, -0.1) is 0 Å². The number of rotatable bonds is 5. The molecule has 1 aromatic carbocycles. The van der Waals surface area contributed by atoms with E-state index in [0.717, 1.165) is 56.1 Å². The second-order valence-electron chi connectivity index (χ2n) is 8.77. The second kappa shape index (κ2) is 8.12. The van der Waals surface area contributed by atoms with Crippen molar-refractivity contribution < 1.29 is 9.21 Å². The van der Waals surface area contributed by atoms with Crippen molar-refractivity contribution in [1.82, 2.24) is 9.80 Å². The molecule has 1 aromatic heterocycles. The molecule has 3 heterocycles. The highest BCUT2D eigenvalue weighted by atomic mass is 16.3. The van der Waals surface area contributed by atoms with Gasteiger partial charge in [0.15, 0.2) is 0 Å². The zero-order valence-corrected chi connectivity index (χ0v) is 17.2. The van der Waals surface area contributed by atoms with Gasteiger partial charge in [-0.05, 0) is 70.7 Å². The van der Waals surface area contributed by atoms with Crippen LogP contribution in [0.4, 0.5) is 0 Å². The van der Waals surface area contributed by atoms with Gasteiger partial charge in [0.1, 0.15) is 11.5 Å². The summed E-state index contributed by atoms with van der Waals surface area (Å²) < 4.78 is 5.57. The molecule has 0 unspecified atom stereocenters. The minimum atomic E-state index is 0.146. The number of aryl methyl sites for hydroxylation is 3. The Morgan fingerprint density at radius 2 is 1.93 bits per heavy atom. The van der Waals surface area contributed by atoms with Crippen molar-refractivity contribution in [1.29, 1.82) is 0 Å². The van der Waals surface area contributed by atoms with Crippen molar-refractivity contribution in [2.75, 3.05) is 32.7 Å². The Hall–Kier alpha value is -2.07. The van der Waals surface area contributed by atoms with E-state index in [1.165, 1.54) is 31.4 Å². The molecule has 0 saturated carbocycles. The van der Waals surface area contributed by atoms with Crippen molar-refractivity contribution in [3.05, 3.63) is 59.0 Å². The van der Waals surface area contributed by atoms with Crippen LogP contribution < -0.4 is 0 Å². The van der Waals surface area contributed by atoms with Gasteiger partial charge in [-0.25, -0.2) is 0 Å². The molecule has 4 heteroatoms. The quantitative estimate of drug-likeness (QED) is 0.769. The first kappa shape index (κ1) is 19.3. The number of furan rings is 1. The van der Waals surface area contributed by atoms with Crippen molar-refractivity contribution in [2.45, 2.75) is 46.0 Å². The largest absolute Gasteiger partial charge is 0.466 e. The predicted molar refractivity (Wildman–Crippen MR) is 112 cm³/mol. The minimum Gasteiger partial charge on any atom is -0.466 e. The Morgan fingerprint density at radius 3 is 2.68 bits per heavy atom. The first-order valence-electron chi connectivity index (χ1n) is 10.7. The number of piperidine rings is 1. The van der Waals surface area contributed by atoms with Gasteiger partial charge in [-0.3, -0.25) is 4.79 Å². The van der Waals surface area contributed by atoms with Crippen LogP contribution in [0.1, 0.15) is 53.1 Å². The van der Waals surface area contributed by atoms with Gasteiger partial charge >= 0.3 is 0 Å². The third kappa shape index (κ3) is 4.17. The molecule has 28 heavy (non-hydrogen) atoms. The first-order chi connectivity index (χ1) is 13.5. The number of hydrogen-bond donors (Lipinski definition) is 0. The van der Waals surface area contributed by atoms with Crippen LogP contribution in [0.25, 0.3) is 0 Å². The number of hydrogen-bond acceptors (Lipinski definition) is 3. The summed E-state index contributed by atoms with van der Waals surface area (Å²) in [5.74, 6) is 1.71. The number of likely N-dealkylation sites (tertiary alicyclic amines) is 2. The molecule has 2 aliphatic heterocycles. The van der Waals surface area contributed by atoms with Crippen LogP contribution in [-0.4, -0.2) is 48.4 Å². The summed E-state index contributed by atoms with van der Waals surface area (Å²) in [6.45, 7) is 9.06. The van der Waals surface area contributed by atoms with Crippen molar-refractivity contribution in [3.63, 3.8) is 0 Å². The summed E-state index contributed by atoms with van der Waals surface area (Å²) >= 11 is 0. The van der Waals surface area contributed by atoms with E-state index in [-0.39, 0.29) is 11.3 Å². The monoisotopic (exact) mass is 380 g/mol. The number of carbonyl (C=O) groups excluding carboxylic acids is 1. The molecule has 2 saturated heterocycles. The molecule has 4 rings (SSSR count). The highest BCUT2D eigenvalue weighted by Gasteiger charge is 2.43. The molecule has 0 N–H and O–H groups in total. The molecule has 1 amide bonds. The fourth-order valence-electron chi connectivity index (χ4n) is 5.11. The normalized spacial score (nSPS) is 22.9. The van der Waals surface area contributed by atoms with E-state index in [2.05, 4.69) is 40.1 Å². The molecule has 2 fully saturated rings. The average Bonchev–Trinajstić information content (AvgIpc) is 3.25. The first-order valence-corrected chi connectivity index (χ1v) is 10.7. The lowest BCUT2D eigenvalue weighted by Gasteiger charge is -2.40. The topological polar surface area (TPSA) is 36.7 Å². The van der Waals surface area contributed by atoms with Crippen molar-refractivity contribution >= 4 is 5.91 Å². The van der Waals surface area contributed by atoms with E-state index >= 15 is 0 Å². The summed E-state index contributed by atoms with van der Waals surface area (Å²) in [4.78, 5) is 17.7. The SMILES string of the molecule is Cc1cc(C(=O)N2CC[C@]3(CCCN(CCCc4ccccc4)C3)C2)c(C)o1. The Balaban J connectivity index is 1.32. The van der Waals surface area contributed by atoms with Gasteiger partial charge in [0.05, 0.1) is 5.56 Å². The maximum atomic E-state index is 13.0. The molecule has 0 aliphatic carbocycles. The Labute approximate surface area is 168 Å². The van der Waals surface area contributed by atoms with E-state index in [1.54, 1.807) is 0 Å². The van der Waals surface area contributed by atoms with Gasteiger partial charge in [0.2, 0.25) is 0 Å². The van der Waals surface area contributed by atoms with E-state index in [9.17, 15) is 4.79 Å². The zero-order chi connectivity index (χ0) is 19.6. The molecule has 0 radical (unpaired) electrons. The molecule has 1 atom stereocenters. The summed E-state index contributed by atoms with van der Waals surface area (Å²) in [5.41, 5.74) is 2.45. The third-order valence-corrected chi connectivity index (χ3v) is 6.52. The third-order valence-electron chi connectivity index (χ3n) is 6.52. The summed E-state index contributed by atoms with van der Waals surface area (Å²) in [6, 6.07) is 12.7. The second-order valence-corrected chi connectivity index (χ2v) is 8.77. The molecule has 2 aromatic rings. The lowest BCUT2D eigenvalue weighted by atomic mass is 9.79. The van der Waals surface area contributed by atoms with E-state index in [4.69, 9.17) is 4.42 Å². The molecule has 1 spiro atoms. The number of nitrogens with zero attached hydrogens (tertiary/aromatic N) is 2. The fraction of sp³-hybridized carbons (Fsp3) is 0.542. The summed E-state index contributed by atoms with van der Waals surface area (Å²) in [7, 11) is 0. The predicted octanol–water partition coefficient (Wildman–Crippen LogP) is 4.46. The molecule has 4 nitrogen and oxygen atoms in total. The van der Waals surface area contributed by atoms with E-state index in [0.29, 0.717) is 0 Å². The van der Waals surface area contributed by atoms with Gasteiger partial charge in [0.25, 0.3) is 5.91 Å². The van der Waals surface area contributed by atoms with Gasteiger partial charge in [-0.2, -0.15) is 0 Å². The smallest absolute Gasteiger partial charge is 0.257 e. The van der Waals surface area contributed by atoms with E-state index in [1.807, 2.05) is 19.9 Å². The molecular weight excluding hydrogens is 348 g/mol. The van der Waals surface area contributed by atoms with Crippen LogP contribution in [0.3, 0.4) is 0 Å². The maximum absolute atomic E-state index is 13.0. The van der Waals surface area contributed by atoms with Crippen LogP contribution in [0.5, 0.6) is 0 Å². The molecule has 0 bridgehead atoms. The number of carbonyl (C=O) groups is 1. The zero-order valence-electron chi connectivity index (χ0n) is 17.2. The Bertz CT molecular complexity index is 813. The lowest BCUT2D eigenvalue weighted by Crippen LogP contribution is -2.45. The lowest BCUT2D eigenvalue weighted by molar-refractivity contribution is 0.0687. The fourth-order valence-corrected chi connectivity index (χ4v) is 5.11. The molecular formula is C24H32N2O2. The van der Waals surface area contributed by atoms with Crippen LogP contribution in [-0.2, 0) is 6.42 Å². The average molecular weight is 381 g/mol. The summed E-state index contributed by atoms with van der Waals surface area (Å²) in [5, 5.41) is 0. The van der Waals surface area contributed by atoms with Crippen LogP contribution in [0, 0.1) is 19.3 Å². The van der Waals surface area contributed by atoms with Gasteiger partial charge in [0, 0.05) is 25.0 Å². The van der Waals surface area contributed by atoms with Gasteiger partial charge < -0.3 is 14.2 Å². The summed E-state index contributed by atoms with van der Waals surface area (Å²) in [6.07, 6.45) is 5.97. The standard InChI is InChI=1S/C24H32N2O2/c1-19-16-22(20(2)28-19)23(27)26-15-12-24(18-26)11-7-14-25(17-24)13-6-10-21-8-4-3-5-9-21/h3-5,8-9,16H,6-7,10-15,17-18H2,1-2H3/t24-/m0/s1. The maximum Gasteiger partial charge on any atom is 0.257 e. The van der Waals surface area contributed by atoms with E-state index < -0.39 is 0 Å². The van der Waals surface area contributed by atoms with Crippen LogP contribution in [0.2, 0.25) is 0 Å². The highest BCUT2D eigenvalue weighted by Crippen LogP contribution is 2.39. The van der Waals surface area contributed by atoms with Crippen LogP contribution >= 0.6 is 0 Å². The minimum absolute atomic E-state index is 0.146. The van der Waals surface area contributed by atoms with Gasteiger partial charge in [-0.1, -0.05) is 30.3 Å². The highest BCUT2D eigenvalue weighted by molar-refractivity contribution is 5.95. The Kier molecular flexibility index (Phi) is 5.58. The number of amides is 1. The van der Waals surface area contributed by atoms with Crippen LogP contribution in [0.15, 0.2) is 40.8 Å². The molecule has 150 valence electrons. The Morgan fingerprint density at radius 1 is 1.11 bits per heavy atom. The molecule has 2 aliphatic rings. The van der Waals surface area contributed by atoms with Crippen molar-refractivity contribution in [2.24, 2.45) is 5.41 Å². The number of benzene rings is 1.